The normalized spacial score (nSPS) is 25.8. The Morgan fingerprint density at radius 3 is 2.06 bits per heavy atom. The van der Waals surface area contributed by atoms with Crippen molar-refractivity contribution in [3.8, 4) is 17.2 Å². The van der Waals surface area contributed by atoms with Crippen molar-refractivity contribution in [3.05, 3.63) is 84.4 Å². The second-order valence-electron chi connectivity index (χ2n) is 8.12. The molecule has 0 radical (unpaired) electrons. The number of benzene rings is 3. The molecule has 3 aromatic carbocycles. The third kappa shape index (κ3) is 2.50. The first-order valence-electron chi connectivity index (χ1n) is 10.8. The van der Waals surface area contributed by atoms with Crippen molar-refractivity contribution in [1.29, 1.82) is 0 Å². The molecule has 0 bridgehead atoms. The summed E-state index contributed by atoms with van der Waals surface area (Å²) in [5, 5.41) is -3.74. The van der Waals surface area contributed by atoms with E-state index in [0.29, 0.717) is 5.56 Å². The third-order valence-corrected chi connectivity index (χ3v) is 10.5. The van der Waals surface area contributed by atoms with Crippen LogP contribution in [0.3, 0.4) is 0 Å². The molecule has 2 atom stereocenters. The molecule has 11 heteroatoms. The van der Waals surface area contributed by atoms with Crippen LogP contribution in [0.1, 0.15) is 18.7 Å². The van der Waals surface area contributed by atoms with Crippen LogP contribution in [0.25, 0.3) is 0 Å². The van der Waals surface area contributed by atoms with E-state index in [1.54, 1.807) is 60.7 Å². The summed E-state index contributed by atoms with van der Waals surface area (Å²) in [6.45, 7) is 1.08. The first-order valence-corrected chi connectivity index (χ1v) is 12.8. The fourth-order valence-corrected chi connectivity index (χ4v) is 9.53. The number of anilines is 1. The molecular formula is C24H19F3NO6P. The van der Waals surface area contributed by atoms with Gasteiger partial charge in [-0.15, -0.1) is 0 Å². The Kier molecular flexibility index (Phi) is 4.41. The fraction of sp³-hybridized carbons (Fsp3) is 0.208. The molecule has 182 valence electrons. The molecule has 3 aromatic rings. The number of fused-ring (bicyclic) bond motifs is 3. The van der Waals surface area contributed by atoms with Crippen LogP contribution < -0.4 is 18.2 Å². The average molecular weight is 505 g/mol. The molecule has 7 nitrogen and oxygen atoms in total. The van der Waals surface area contributed by atoms with Crippen LogP contribution in [0.4, 0.5) is 18.9 Å². The van der Waals surface area contributed by atoms with E-state index >= 15 is 13.2 Å². The summed E-state index contributed by atoms with van der Waals surface area (Å²) in [7, 11) is -5.87. The number of hydrogen-bond donors (Lipinski definition) is 0. The summed E-state index contributed by atoms with van der Waals surface area (Å²) >= 11 is 0. The van der Waals surface area contributed by atoms with E-state index in [4.69, 9.17) is 23.0 Å². The summed E-state index contributed by atoms with van der Waals surface area (Å²) in [6, 6.07) is 20.6. The Labute approximate surface area is 198 Å². The van der Waals surface area contributed by atoms with E-state index in [-0.39, 0.29) is 29.5 Å². The monoisotopic (exact) mass is 505 g/mol. The Bertz CT molecular complexity index is 1300. The van der Waals surface area contributed by atoms with E-state index in [9.17, 15) is 4.79 Å². The van der Waals surface area contributed by atoms with Crippen LogP contribution in [0, 0.1) is 0 Å². The van der Waals surface area contributed by atoms with E-state index in [2.05, 4.69) is 0 Å². The maximum absolute atomic E-state index is 15.4. The summed E-state index contributed by atoms with van der Waals surface area (Å²) < 4.78 is 76.8. The van der Waals surface area contributed by atoms with E-state index < -0.39 is 31.2 Å². The standard InChI is InChI=1S/C24H19F3NO6P/c1-2-30-22(29)23(24(25,26)27)31-21(16-10-4-3-5-11-16)28-17-12-6-7-13-18(17)32-35(23,28)33-19-14-8-9-15-20(19)34-35/h3-15,21H,2H2,1H3. The molecule has 35 heavy (non-hydrogen) atoms. The van der Waals surface area contributed by atoms with Gasteiger partial charge in [-0.3, -0.25) is 0 Å². The zero-order valence-corrected chi connectivity index (χ0v) is 19.2. The van der Waals surface area contributed by atoms with Gasteiger partial charge in [-0.2, -0.15) is 0 Å². The van der Waals surface area contributed by atoms with Gasteiger partial charge in [0, 0.05) is 0 Å². The second-order valence-corrected chi connectivity index (χ2v) is 11.4. The number of hydrogen-bond acceptors (Lipinski definition) is 7. The topological polar surface area (TPSA) is 66.5 Å². The zero-order valence-electron chi connectivity index (χ0n) is 18.3. The van der Waals surface area contributed by atoms with Crippen LogP contribution in [0.2, 0.25) is 0 Å². The van der Waals surface area contributed by atoms with Crippen molar-refractivity contribution in [2.75, 3.05) is 11.3 Å². The molecule has 0 saturated carbocycles. The molecule has 0 aromatic heterocycles. The van der Waals surface area contributed by atoms with Crippen LogP contribution >= 0.6 is 7.43 Å². The van der Waals surface area contributed by atoms with Gasteiger partial charge in [0.15, 0.2) is 0 Å². The predicted molar refractivity (Wildman–Crippen MR) is 120 cm³/mol. The molecule has 3 heterocycles. The van der Waals surface area contributed by atoms with E-state index in [0.717, 1.165) is 0 Å². The molecule has 0 amide bonds. The molecule has 2 unspecified atom stereocenters. The van der Waals surface area contributed by atoms with Gasteiger partial charge in [-0.05, 0) is 0 Å². The van der Waals surface area contributed by atoms with Gasteiger partial charge in [0.2, 0.25) is 0 Å². The van der Waals surface area contributed by atoms with Crippen molar-refractivity contribution < 1.29 is 41.0 Å². The number of esters is 1. The van der Waals surface area contributed by atoms with E-state index in [1.807, 2.05) is 0 Å². The number of carbonyl (C=O) groups is 1. The van der Waals surface area contributed by atoms with Gasteiger partial charge < -0.3 is 0 Å². The van der Waals surface area contributed by atoms with Crippen LogP contribution in [-0.4, -0.2) is 24.1 Å². The zero-order chi connectivity index (χ0) is 24.5. The minimum absolute atomic E-state index is 0.00166. The Hall–Kier alpha value is -3.49. The van der Waals surface area contributed by atoms with Gasteiger partial charge in [0.1, 0.15) is 0 Å². The van der Waals surface area contributed by atoms with Crippen LogP contribution in [0.5, 0.6) is 17.2 Å². The fourth-order valence-electron chi connectivity index (χ4n) is 4.82. The van der Waals surface area contributed by atoms with Gasteiger partial charge >= 0.3 is 198 Å². The summed E-state index contributed by atoms with van der Waals surface area (Å²) in [5.74, 6) is -1.63. The Balaban J connectivity index is 1.73. The summed E-state index contributed by atoms with van der Waals surface area (Å²) in [5.41, 5.74) is 0.581. The van der Waals surface area contributed by atoms with Crippen LogP contribution in [-0.2, 0) is 14.3 Å². The van der Waals surface area contributed by atoms with Crippen molar-refractivity contribution in [2.45, 2.75) is 24.7 Å². The van der Waals surface area contributed by atoms with Gasteiger partial charge in [-0.25, -0.2) is 0 Å². The summed E-state index contributed by atoms with van der Waals surface area (Å²) in [4.78, 5) is 13.5. The first kappa shape index (κ1) is 22.0. The number of ether oxygens (including phenoxy) is 2. The van der Waals surface area contributed by atoms with Gasteiger partial charge in [-0.1, -0.05) is 0 Å². The minimum atomic E-state index is -5.87. The van der Waals surface area contributed by atoms with Crippen molar-refractivity contribution in [1.82, 2.24) is 0 Å². The van der Waals surface area contributed by atoms with Gasteiger partial charge in [0.25, 0.3) is 0 Å². The Morgan fingerprint density at radius 1 is 0.914 bits per heavy atom. The summed E-state index contributed by atoms with van der Waals surface area (Å²) in [6.07, 6.45) is -6.80. The number of halogens is 3. The number of carbonyl (C=O) groups excluding carboxylic acids is 1. The number of rotatable bonds is 3. The molecule has 3 aliphatic heterocycles. The Morgan fingerprint density at radius 2 is 1.46 bits per heavy atom. The predicted octanol–water partition coefficient (Wildman–Crippen LogP) is 6.12. The van der Waals surface area contributed by atoms with Gasteiger partial charge in [0.05, 0.1) is 0 Å². The molecule has 6 rings (SSSR count). The molecule has 1 saturated heterocycles. The third-order valence-electron chi connectivity index (χ3n) is 6.16. The molecule has 1 spiro atoms. The van der Waals surface area contributed by atoms with Crippen molar-refractivity contribution >= 4 is 19.1 Å². The molecule has 0 N–H and O–H groups in total. The maximum atomic E-state index is 15.4. The number of alkyl halides is 3. The van der Waals surface area contributed by atoms with E-state index in [1.165, 1.54) is 29.8 Å². The molecule has 1 fully saturated rings. The first-order chi connectivity index (χ1) is 16.8. The average Bonchev–Trinajstić information content (AvgIpc) is 3.41. The molecule has 0 aliphatic carbocycles. The SMILES string of the molecule is CCOC(=O)C1(C(F)(F)F)OC(c2ccccc2)N2c3ccccc3OP213Oc1ccccc1O3. The van der Waals surface area contributed by atoms with Crippen molar-refractivity contribution in [3.63, 3.8) is 0 Å². The quantitative estimate of drug-likeness (QED) is 0.314. The second kappa shape index (κ2) is 7.02. The van der Waals surface area contributed by atoms with Crippen molar-refractivity contribution in [2.24, 2.45) is 0 Å². The number of para-hydroxylation sites is 4. The molecular weight excluding hydrogens is 486 g/mol. The molecule has 3 aliphatic rings. The number of nitrogens with zero attached hydrogens (tertiary/aromatic N) is 1. The van der Waals surface area contributed by atoms with Crippen LogP contribution in [0.15, 0.2) is 78.9 Å².